The maximum atomic E-state index is 3.79. The van der Waals surface area contributed by atoms with Gasteiger partial charge in [-0.3, -0.25) is 0 Å². The molecule has 0 aliphatic carbocycles. The second-order valence-electron chi connectivity index (χ2n) is 10.4. The van der Waals surface area contributed by atoms with E-state index in [1.54, 1.807) is 0 Å². The van der Waals surface area contributed by atoms with Gasteiger partial charge in [-0.2, -0.15) is 0 Å². The van der Waals surface area contributed by atoms with Crippen molar-refractivity contribution in [3.8, 4) is 16.8 Å². The summed E-state index contributed by atoms with van der Waals surface area (Å²) in [5.41, 5.74) is 10.7. The molecule has 0 bridgehead atoms. The number of hydrogen-bond acceptors (Lipinski definition) is 0. The second kappa shape index (κ2) is 7.62. The molecule has 39 heavy (non-hydrogen) atoms. The zero-order valence-corrected chi connectivity index (χ0v) is 21.1. The molecule has 3 heteroatoms. The molecule has 182 valence electrons. The first kappa shape index (κ1) is 20.7. The van der Waals surface area contributed by atoms with Crippen molar-refractivity contribution in [2.75, 3.05) is 0 Å². The van der Waals surface area contributed by atoms with Gasteiger partial charge in [0.15, 0.2) is 0 Å². The first-order valence-electron chi connectivity index (χ1n) is 13.4. The fraction of sp³-hybridized carbons (Fsp3) is 0. The highest BCUT2D eigenvalue weighted by Crippen LogP contribution is 2.43. The minimum absolute atomic E-state index is 1.15. The standard InChI is InChI=1S/C36H23N3/c1-2-9-22(10-3-1)23-11-8-12-24(21-23)39-31-19-17-27-25-13-4-6-15-29(25)37-35(27)33(31)34-32(39)20-18-28-26-14-5-7-16-30(26)38-36(28)34/h1-21,37-38H. The van der Waals surface area contributed by atoms with Gasteiger partial charge < -0.3 is 14.5 Å². The Morgan fingerprint density at radius 3 is 1.56 bits per heavy atom. The van der Waals surface area contributed by atoms with Crippen molar-refractivity contribution < 1.29 is 0 Å². The Balaban J connectivity index is 1.48. The van der Waals surface area contributed by atoms with Crippen LogP contribution in [0.4, 0.5) is 0 Å². The van der Waals surface area contributed by atoms with Crippen molar-refractivity contribution in [2.24, 2.45) is 0 Å². The zero-order chi connectivity index (χ0) is 25.5. The first-order chi connectivity index (χ1) is 19.3. The van der Waals surface area contributed by atoms with Gasteiger partial charge in [-0.15, -0.1) is 0 Å². The van der Waals surface area contributed by atoms with Crippen LogP contribution in [0.1, 0.15) is 0 Å². The van der Waals surface area contributed by atoms with Crippen LogP contribution in [-0.4, -0.2) is 14.5 Å². The number of hydrogen-bond donors (Lipinski definition) is 2. The molecule has 6 aromatic carbocycles. The zero-order valence-electron chi connectivity index (χ0n) is 21.1. The molecule has 0 atom stereocenters. The van der Waals surface area contributed by atoms with Crippen LogP contribution in [0.2, 0.25) is 0 Å². The van der Waals surface area contributed by atoms with Gasteiger partial charge in [0.1, 0.15) is 0 Å². The van der Waals surface area contributed by atoms with Gasteiger partial charge in [-0.1, -0.05) is 91.0 Å². The van der Waals surface area contributed by atoms with Crippen LogP contribution in [0.15, 0.2) is 127 Å². The van der Waals surface area contributed by atoms with E-state index >= 15 is 0 Å². The Labute approximate surface area is 223 Å². The topological polar surface area (TPSA) is 36.5 Å². The predicted molar refractivity (Wildman–Crippen MR) is 165 cm³/mol. The van der Waals surface area contributed by atoms with Gasteiger partial charge >= 0.3 is 0 Å². The normalized spacial score (nSPS) is 12.1. The number of rotatable bonds is 2. The summed E-state index contributed by atoms with van der Waals surface area (Å²) in [5.74, 6) is 0. The minimum Gasteiger partial charge on any atom is -0.354 e. The fourth-order valence-electron chi connectivity index (χ4n) is 6.56. The number of H-pyrrole nitrogens is 2. The van der Waals surface area contributed by atoms with Crippen LogP contribution in [0.5, 0.6) is 0 Å². The Hall–Kier alpha value is -5.28. The number of aromatic amines is 2. The lowest BCUT2D eigenvalue weighted by molar-refractivity contribution is 1.18. The van der Waals surface area contributed by atoms with Crippen LogP contribution in [0, 0.1) is 0 Å². The third-order valence-electron chi connectivity index (χ3n) is 8.26. The van der Waals surface area contributed by atoms with Crippen molar-refractivity contribution in [1.82, 2.24) is 14.5 Å². The molecule has 0 fully saturated rings. The largest absolute Gasteiger partial charge is 0.354 e. The summed E-state index contributed by atoms with van der Waals surface area (Å²) < 4.78 is 2.42. The molecule has 9 rings (SSSR count). The quantitative estimate of drug-likeness (QED) is 0.238. The van der Waals surface area contributed by atoms with E-state index in [0.29, 0.717) is 0 Å². The molecule has 3 heterocycles. The second-order valence-corrected chi connectivity index (χ2v) is 10.4. The lowest BCUT2D eigenvalue weighted by atomic mass is 10.1. The van der Waals surface area contributed by atoms with Gasteiger partial charge in [0.05, 0.1) is 22.1 Å². The molecule has 3 nitrogen and oxygen atoms in total. The van der Waals surface area contributed by atoms with Gasteiger partial charge in [-0.25, -0.2) is 0 Å². The third-order valence-corrected chi connectivity index (χ3v) is 8.26. The highest BCUT2D eigenvalue weighted by atomic mass is 15.0. The summed E-state index contributed by atoms with van der Waals surface area (Å²) >= 11 is 0. The molecule has 0 saturated carbocycles. The number of para-hydroxylation sites is 2. The van der Waals surface area contributed by atoms with Gasteiger partial charge in [-0.05, 0) is 47.5 Å². The number of nitrogens with one attached hydrogen (secondary N) is 2. The van der Waals surface area contributed by atoms with E-state index in [1.807, 2.05) is 0 Å². The van der Waals surface area contributed by atoms with Crippen molar-refractivity contribution in [1.29, 1.82) is 0 Å². The molecular weight excluding hydrogens is 474 g/mol. The maximum Gasteiger partial charge on any atom is 0.0567 e. The van der Waals surface area contributed by atoms with E-state index in [2.05, 4.69) is 142 Å². The maximum absolute atomic E-state index is 3.79. The lowest BCUT2D eigenvalue weighted by Gasteiger charge is -2.10. The van der Waals surface area contributed by atoms with E-state index in [0.717, 1.165) is 16.7 Å². The number of nitrogens with zero attached hydrogens (tertiary/aromatic N) is 1. The molecule has 2 N–H and O–H groups in total. The molecule has 0 saturated heterocycles. The summed E-state index contributed by atoms with van der Waals surface area (Å²) in [6.45, 7) is 0. The van der Waals surface area contributed by atoms with E-state index in [9.17, 15) is 0 Å². The smallest absolute Gasteiger partial charge is 0.0567 e. The van der Waals surface area contributed by atoms with Crippen molar-refractivity contribution >= 4 is 65.4 Å². The summed E-state index contributed by atoms with van der Waals surface area (Å²) in [6, 6.07) is 45.8. The summed E-state index contributed by atoms with van der Waals surface area (Å²) in [7, 11) is 0. The molecular formula is C36H23N3. The van der Waals surface area contributed by atoms with E-state index in [-0.39, 0.29) is 0 Å². The Bertz CT molecular complexity index is 2250. The van der Waals surface area contributed by atoms with E-state index < -0.39 is 0 Å². The Kier molecular flexibility index (Phi) is 4.05. The van der Waals surface area contributed by atoms with Crippen LogP contribution in [0.25, 0.3) is 82.2 Å². The summed E-state index contributed by atoms with van der Waals surface area (Å²) in [6.07, 6.45) is 0. The minimum atomic E-state index is 1.15. The van der Waals surface area contributed by atoms with Crippen LogP contribution in [-0.2, 0) is 0 Å². The molecule has 0 aliphatic heterocycles. The monoisotopic (exact) mass is 497 g/mol. The van der Waals surface area contributed by atoms with Gasteiger partial charge in [0.25, 0.3) is 0 Å². The Morgan fingerprint density at radius 2 is 0.949 bits per heavy atom. The molecule has 3 aromatic heterocycles. The molecule has 0 radical (unpaired) electrons. The number of fused-ring (bicyclic) bond motifs is 11. The predicted octanol–water partition coefficient (Wildman–Crippen LogP) is 9.72. The average molecular weight is 498 g/mol. The molecule has 0 aliphatic rings. The highest BCUT2D eigenvalue weighted by molar-refractivity contribution is 6.32. The van der Waals surface area contributed by atoms with Crippen molar-refractivity contribution in [3.63, 3.8) is 0 Å². The molecule has 9 aromatic rings. The van der Waals surface area contributed by atoms with Crippen molar-refractivity contribution in [2.45, 2.75) is 0 Å². The molecule has 0 unspecified atom stereocenters. The number of benzene rings is 6. The van der Waals surface area contributed by atoms with Gasteiger partial charge in [0, 0.05) is 49.0 Å². The van der Waals surface area contributed by atoms with Crippen LogP contribution < -0.4 is 0 Å². The van der Waals surface area contributed by atoms with E-state index in [4.69, 9.17) is 0 Å². The highest BCUT2D eigenvalue weighted by Gasteiger charge is 2.20. The third kappa shape index (κ3) is 2.82. The summed E-state index contributed by atoms with van der Waals surface area (Å²) in [5, 5.41) is 7.52. The summed E-state index contributed by atoms with van der Waals surface area (Å²) in [4.78, 5) is 7.57. The lowest BCUT2D eigenvalue weighted by Crippen LogP contribution is -1.94. The van der Waals surface area contributed by atoms with Crippen LogP contribution >= 0.6 is 0 Å². The van der Waals surface area contributed by atoms with Crippen molar-refractivity contribution in [3.05, 3.63) is 127 Å². The molecule has 0 spiro atoms. The SMILES string of the molecule is c1ccc(-c2cccc(-n3c4ccc5c6ccccc6[nH]c5c4c4c5[nH]c6ccccc6c5ccc43)c2)cc1. The van der Waals surface area contributed by atoms with Gasteiger partial charge in [0.2, 0.25) is 0 Å². The number of aromatic nitrogens is 3. The van der Waals surface area contributed by atoms with Crippen LogP contribution in [0.3, 0.4) is 0 Å². The molecule has 0 amide bonds. The fourth-order valence-corrected chi connectivity index (χ4v) is 6.56. The first-order valence-corrected chi connectivity index (χ1v) is 13.4. The average Bonchev–Trinajstić information content (AvgIpc) is 3.66. The van der Waals surface area contributed by atoms with E-state index in [1.165, 1.54) is 65.5 Å². The Morgan fingerprint density at radius 1 is 0.410 bits per heavy atom.